The van der Waals surface area contributed by atoms with Crippen molar-refractivity contribution in [1.29, 1.82) is 0 Å². The number of hydrogen-bond donors (Lipinski definition) is 0. The molecule has 0 N–H and O–H groups in total. The number of para-hydroxylation sites is 3. The Morgan fingerprint density at radius 3 is 1.35 bits per heavy atom. The van der Waals surface area contributed by atoms with E-state index in [4.69, 9.17) is 14.4 Å². The summed E-state index contributed by atoms with van der Waals surface area (Å²) in [7, 11) is 0. The Morgan fingerprint density at radius 1 is 0.327 bits per heavy atom. The highest BCUT2D eigenvalue weighted by Gasteiger charge is 2.17. The topological polar surface area (TPSA) is 67.9 Å². The van der Waals surface area contributed by atoms with Gasteiger partial charge in [0.05, 0.1) is 22.4 Å². The molecule has 7 aromatic carbocycles. The maximum atomic E-state index is 6.19. The smallest absolute Gasteiger partial charge is 0.248 e. The number of benzene rings is 7. The van der Waals surface area contributed by atoms with Crippen LogP contribution >= 0.6 is 0 Å². The molecule has 0 unspecified atom stereocenters. The third-order valence-corrected chi connectivity index (χ3v) is 9.05. The fourth-order valence-corrected chi connectivity index (χ4v) is 6.46. The van der Waals surface area contributed by atoms with E-state index in [-0.39, 0.29) is 0 Å². The Balaban J connectivity index is 1.03. The van der Waals surface area contributed by atoms with Crippen LogP contribution in [0.25, 0.3) is 67.6 Å². The van der Waals surface area contributed by atoms with Gasteiger partial charge in [-0.05, 0) is 83.9 Å². The number of nitrogens with zero attached hydrogens (tertiary/aromatic N) is 5. The molecule has 246 valence electrons. The van der Waals surface area contributed by atoms with Gasteiger partial charge in [-0.2, -0.15) is 0 Å². The first-order valence-corrected chi connectivity index (χ1v) is 17.1. The van der Waals surface area contributed by atoms with Crippen molar-refractivity contribution in [3.05, 3.63) is 188 Å². The van der Waals surface area contributed by atoms with Gasteiger partial charge in [0.1, 0.15) is 0 Å². The quantitative estimate of drug-likeness (QED) is 0.160. The van der Waals surface area contributed by atoms with Crippen LogP contribution in [0.1, 0.15) is 0 Å². The zero-order valence-corrected chi connectivity index (χ0v) is 28.0. The molecular formula is C46H31N5O. The van der Waals surface area contributed by atoms with Crippen molar-refractivity contribution in [2.75, 3.05) is 4.90 Å². The molecule has 0 aliphatic rings. The minimum absolute atomic E-state index is 0.466. The lowest BCUT2D eigenvalue weighted by Crippen LogP contribution is -2.09. The highest BCUT2D eigenvalue weighted by atomic mass is 16.4. The zero-order valence-electron chi connectivity index (χ0n) is 28.0. The van der Waals surface area contributed by atoms with Gasteiger partial charge in [0.2, 0.25) is 11.8 Å². The van der Waals surface area contributed by atoms with Crippen molar-refractivity contribution < 1.29 is 4.42 Å². The van der Waals surface area contributed by atoms with Crippen molar-refractivity contribution in [2.45, 2.75) is 0 Å². The molecule has 0 saturated heterocycles. The van der Waals surface area contributed by atoms with Crippen LogP contribution in [0.2, 0.25) is 0 Å². The first-order chi connectivity index (χ1) is 25.8. The SMILES string of the molecule is c1ccc(-c2cccc(-c3nnc(-c4ccc(N(c5ccccc5)c5ccc(-c6nc7ccccc7nc6-c6ccccc6)cc5)cc4)o3)c2)cc1. The lowest BCUT2D eigenvalue weighted by molar-refractivity contribution is 0.584. The summed E-state index contributed by atoms with van der Waals surface area (Å²) in [6.45, 7) is 0. The summed E-state index contributed by atoms with van der Waals surface area (Å²) in [5.74, 6) is 0.947. The molecular weight excluding hydrogens is 639 g/mol. The largest absolute Gasteiger partial charge is 0.416 e. The van der Waals surface area contributed by atoms with Crippen LogP contribution in [0.15, 0.2) is 192 Å². The van der Waals surface area contributed by atoms with Gasteiger partial charge in [0.15, 0.2) is 0 Å². The molecule has 0 aliphatic heterocycles. The van der Waals surface area contributed by atoms with E-state index in [2.05, 4.69) is 112 Å². The molecule has 0 spiro atoms. The summed E-state index contributed by atoms with van der Waals surface area (Å²) in [5, 5.41) is 8.79. The van der Waals surface area contributed by atoms with Gasteiger partial charge < -0.3 is 9.32 Å². The first kappa shape index (κ1) is 30.8. The molecule has 52 heavy (non-hydrogen) atoms. The minimum Gasteiger partial charge on any atom is -0.416 e. The van der Waals surface area contributed by atoms with Crippen LogP contribution in [-0.4, -0.2) is 20.2 Å². The lowest BCUT2D eigenvalue weighted by Gasteiger charge is -2.25. The molecule has 0 atom stereocenters. The number of rotatable bonds is 8. The van der Waals surface area contributed by atoms with Crippen molar-refractivity contribution in [3.8, 4) is 56.6 Å². The minimum atomic E-state index is 0.466. The van der Waals surface area contributed by atoms with Gasteiger partial charge in [-0.3, -0.25) is 0 Å². The van der Waals surface area contributed by atoms with Gasteiger partial charge in [0.25, 0.3) is 0 Å². The fraction of sp³-hybridized carbons (Fsp3) is 0. The Bertz CT molecular complexity index is 2600. The maximum absolute atomic E-state index is 6.19. The Morgan fingerprint density at radius 2 is 0.750 bits per heavy atom. The summed E-state index contributed by atoms with van der Waals surface area (Å²) < 4.78 is 6.19. The standard InChI is InChI=1S/C46H31N5O/c1-4-13-32(14-5-1)36-17-12-18-37(31-36)46-50-49-45(52-46)35-25-29-40(30-26-35)51(38-19-8-3-9-20-38)39-27-23-34(24-28-39)44-43(33-15-6-2-7-16-33)47-41-21-10-11-22-42(41)48-44/h1-31H. The van der Waals surface area contributed by atoms with Gasteiger partial charge in [-0.15, -0.1) is 10.2 Å². The molecule has 0 fully saturated rings. The molecule has 9 rings (SSSR count). The molecule has 9 aromatic rings. The summed E-state index contributed by atoms with van der Waals surface area (Å²) in [6.07, 6.45) is 0. The van der Waals surface area contributed by atoms with E-state index in [0.717, 1.165) is 72.9 Å². The van der Waals surface area contributed by atoms with Crippen LogP contribution in [0.3, 0.4) is 0 Å². The van der Waals surface area contributed by atoms with Gasteiger partial charge >= 0.3 is 0 Å². The molecule has 2 heterocycles. The molecule has 2 aromatic heterocycles. The number of aromatic nitrogens is 4. The van der Waals surface area contributed by atoms with E-state index in [9.17, 15) is 0 Å². The second-order valence-electron chi connectivity index (χ2n) is 12.4. The van der Waals surface area contributed by atoms with E-state index >= 15 is 0 Å². The second kappa shape index (κ2) is 13.6. The molecule has 0 radical (unpaired) electrons. The van der Waals surface area contributed by atoms with Gasteiger partial charge in [0, 0.05) is 39.3 Å². The van der Waals surface area contributed by atoms with Crippen LogP contribution in [0.4, 0.5) is 17.1 Å². The van der Waals surface area contributed by atoms with Crippen molar-refractivity contribution >= 4 is 28.1 Å². The van der Waals surface area contributed by atoms with E-state index < -0.39 is 0 Å². The highest BCUT2D eigenvalue weighted by Crippen LogP contribution is 2.38. The lowest BCUT2D eigenvalue weighted by atomic mass is 10.0. The number of fused-ring (bicyclic) bond motifs is 1. The number of hydrogen-bond acceptors (Lipinski definition) is 6. The molecule has 0 amide bonds. The predicted octanol–water partition coefficient (Wildman–Crippen LogP) is 11.8. The second-order valence-corrected chi connectivity index (χ2v) is 12.4. The van der Waals surface area contributed by atoms with E-state index in [1.807, 2.05) is 91.0 Å². The normalized spacial score (nSPS) is 11.1. The van der Waals surface area contributed by atoms with E-state index in [0.29, 0.717) is 11.8 Å². The van der Waals surface area contributed by atoms with Crippen LogP contribution in [-0.2, 0) is 0 Å². The molecule has 0 aliphatic carbocycles. The number of anilines is 3. The van der Waals surface area contributed by atoms with Crippen LogP contribution in [0, 0.1) is 0 Å². The maximum Gasteiger partial charge on any atom is 0.248 e. The average molecular weight is 670 g/mol. The first-order valence-electron chi connectivity index (χ1n) is 17.1. The van der Waals surface area contributed by atoms with Crippen LogP contribution in [0.5, 0.6) is 0 Å². The monoisotopic (exact) mass is 669 g/mol. The van der Waals surface area contributed by atoms with Gasteiger partial charge in [-0.25, -0.2) is 9.97 Å². The Labute approximate surface area is 301 Å². The van der Waals surface area contributed by atoms with Crippen molar-refractivity contribution in [1.82, 2.24) is 20.2 Å². The van der Waals surface area contributed by atoms with E-state index in [1.165, 1.54) is 0 Å². The Hall–Kier alpha value is -7.18. The average Bonchev–Trinajstić information content (AvgIpc) is 3.73. The molecule has 0 saturated carbocycles. The fourth-order valence-electron chi connectivity index (χ4n) is 6.46. The molecule has 6 nitrogen and oxygen atoms in total. The molecule has 0 bridgehead atoms. The third-order valence-electron chi connectivity index (χ3n) is 9.05. The predicted molar refractivity (Wildman–Crippen MR) is 209 cm³/mol. The summed E-state index contributed by atoms with van der Waals surface area (Å²) in [4.78, 5) is 12.4. The summed E-state index contributed by atoms with van der Waals surface area (Å²) >= 11 is 0. The van der Waals surface area contributed by atoms with Crippen molar-refractivity contribution in [3.63, 3.8) is 0 Å². The molecule has 6 heteroatoms. The van der Waals surface area contributed by atoms with Crippen molar-refractivity contribution in [2.24, 2.45) is 0 Å². The summed E-state index contributed by atoms with van der Waals surface area (Å²) in [5.41, 5.74) is 12.4. The van der Waals surface area contributed by atoms with Gasteiger partial charge in [-0.1, -0.05) is 115 Å². The Kier molecular flexibility index (Phi) is 8.08. The zero-order chi connectivity index (χ0) is 34.7. The summed E-state index contributed by atoms with van der Waals surface area (Å²) in [6, 6.07) is 63.8. The van der Waals surface area contributed by atoms with E-state index in [1.54, 1.807) is 0 Å². The van der Waals surface area contributed by atoms with Crippen LogP contribution < -0.4 is 4.90 Å². The highest BCUT2D eigenvalue weighted by molar-refractivity contribution is 5.87. The third kappa shape index (κ3) is 6.10.